The first-order valence-electron chi connectivity index (χ1n) is 10.6. The molecule has 1 aliphatic rings. The number of ether oxygens (including phenoxy) is 1. The lowest BCUT2D eigenvalue weighted by molar-refractivity contribution is -0.130. The zero-order valence-electron chi connectivity index (χ0n) is 17.2. The molecule has 29 heavy (non-hydrogen) atoms. The maximum Gasteiger partial charge on any atom is 0.249 e. The van der Waals surface area contributed by atoms with Crippen molar-refractivity contribution in [3.05, 3.63) is 65.5 Å². The predicted octanol–water partition coefficient (Wildman–Crippen LogP) is 4.39. The molecule has 0 spiro atoms. The van der Waals surface area contributed by atoms with Crippen LogP contribution in [0.2, 0.25) is 0 Å². The highest BCUT2D eigenvalue weighted by atomic mass is 16.5. The van der Waals surface area contributed by atoms with E-state index in [1.54, 1.807) is 0 Å². The van der Waals surface area contributed by atoms with Crippen LogP contribution < -0.4 is 5.32 Å². The molecule has 1 aromatic heterocycles. The van der Waals surface area contributed by atoms with Crippen LogP contribution in [0.1, 0.15) is 56.0 Å². The molecule has 1 saturated heterocycles. The smallest absolute Gasteiger partial charge is 0.249 e. The van der Waals surface area contributed by atoms with Gasteiger partial charge in [-0.25, -0.2) is 4.98 Å². The summed E-state index contributed by atoms with van der Waals surface area (Å²) in [7, 11) is 0. The van der Waals surface area contributed by atoms with E-state index in [9.17, 15) is 4.79 Å². The zero-order valence-corrected chi connectivity index (χ0v) is 17.2. The first kappa shape index (κ1) is 19.6. The monoisotopic (exact) mass is 391 g/mol. The molecule has 2 atom stereocenters. The fourth-order valence-corrected chi connectivity index (χ4v) is 3.87. The average molecular weight is 392 g/mol. The van der Waals surface area contributed by atoms with Gasteiger partial charge in [0.2, 0.25) is 5.91 Å². The molecule has 5 heteroatoms. The topological polar surface area (TPSA) is 56.2 Å². The van der Waals surface area contributed by atoms with Gasteiger partial charge in [0.05, 0.1) is 17.6 Å². The number of carbonyl (C=O) groups excluding carboxylic acids is 1. The molecule has 1 aliphatic heterocycles. The van der Waals surface area contributed by atoms with Gasteiger partial charge in [0.15, 0.2) is 0 Å². The van der Waals surface area contributed by atoms with E-state index in [2.05, 4.69) is 54.1 Å². The van der Waals surface area contributed by atoms with Crippen LogP contribution in [0.3, 0.4) is 0 Å². The Kier molecular flexibility index (Phi) is 5.95. The largest absolute Gasteiger partial charge is 0.368 e. The van der Waals surface area contributed by atoms with Gasteiger partial charge in [-0.1, -0.05) is 50.2 Å². The highest BCUT2D eigenvalue weighted by molar-refractivity contribution is 5.81. The maximum atomic E-state index is 12.4. The lowest BCUT2D eigenvalue weighted by Crippen LogP contribution is -2.34. The number of nitrogens with one attached hydrogen (secondary N) is 1. The Morgan fingerprint density at radius 2 is 2.03 bits per heavy atom. The summed E-state index contributed by atoms with van der Waals surface area (Å²) in [5.41, 5.74) is 4.63. The van der Waals surface area contributed by atoms with E-state index < -0.39 is 0 Å². The normalized spacial score (nSPS) is 17.5. The second-order valence-electron chi connectivity index (χ2n) is 7.87. The average Bonchev–Trinajstić information content (AvgIpc) is 3.41. The number of rotatable bonds is 7. The molecule has 4 rings (SSSR count). The summed E-state index contributed by atoms with van der Waals surface area (Å²) >= 11 is 0. The molecule has 3 aromatic rings. The Bertz CT molecular complexity index is 971. The molecule has 2 unspecified atom stereocenters. The fourth-order valence-electron chi connectivity index (χ4n) is 3.87. The quantitative estimate of drug-likeness (QED) is 0.650. The number of nitrogens with zero attached hydrogens (tertiary/aromatic N) is 2. The van der Waals surface area contributed by atoms with Crippen LogP contribution in [0.15, 0.2) is 48.5 Å². The summed E-state index contributed by atoms with van der Waals surface area (Å²) < 4.78 is 7.69. The number of amides is 1. The molecular weight excluding hydrogens is 362 g/mol. The fraction of sp³-hybridized carbons (Fsp3) is 0.417. The molecular formula is C24H29N3O2. The van der Waals surface area contributed by atoms with Crippen molar-refractivity contribution >= 4 is 16.9 Å². The van der Waals surface area contributed by atoms with Gasteiger partial charge in [0, 0.05) is 13.2 Å². The SMILES string of the molecule is CCC(C)c1ccc(Cn2c(CNC(=O)C3CCCO3)nc3ccccc32)cc1. The number of para-hydroxylation sites is 2. The van der Waals surface area contributed by atoms with Crippen LogP contribution in [-0.4, -0.2) is 28.2 Å². The van der Waals surface area contributed by atoms with Crippen LogP contribution in [0.5, 0.6) is 0 Å². The molecule has 0 bridgehead atoms. The summed E-state index contributed by atoms with van der Waals surface area (Å²) in [5, 5.41) is 3.01. The molecule has 5 nitrogen and oxygen atoms in total. The Morgan fingerprint density at radius 3 is 2.76 bits per heavy atom. The van der Waals surface area contributed by atoms with Crippen LogP contribution >= 0.6 is 0 Å². The van der Waals surface area contributed by atoms with Crippen molar-refractivity contribution in [2.75, 3.05) is 6.61 Å². The molecule has 0 saturated carbocycles. The van der Waals surface area contributed by atoms with Gasteiger partial charge < -0.3 is 14.6 Å². The van der Waals surface area contributed by atoms with E-state index in [1.165, 1.54) is 11.1 Å². The van der Waals surface area contributed by atoms with Gasteiger partial charge in [0.25, 0.3) is 0 Å². The van der Waals surface area contributed by atoms with E-state index in [1.807, 2.05) is 18.2 Å². The van der Waals surface area contributed by atoms with Crippen molar-refractivity contribution in [3.8, 4) is 0 Å². The first-order valence-corrected chi connectivity index (χ1v) is 10.6. The summed E-state index contributed by atoms with van der Waals surface area (Å²) in [6, 6.07) is 17.0. The first-order chi connectivity index (χ1) is 14.2. The van der Waals surface area contributed by atoms with E-state index in [0.717, 1.165) is 42.7 Å². The minimum atomic E-state index is -0.319. The second kappa shape index (κ2) is 8.78. The number of hydrogen-bond acceptors (Lipinski definition) is 3. The summed E-state index contributed by atoms with van der Waals surface area (Å²) in [5.74, 6) is 1.39. The van der Waals surface area contributed by atoms with Gasteiger partial charge >= 0.3 is 0 Å². The summed E-state index contributed by atoms with van der Waals surface area (Å²) in [6.07, 6.45) is 2.56. The standard InChI is InChI=1S/C24H29N3O2/c1-3-17(2)19-12-10-18(11-13-19)16-27-21-8-5-4-7-20(21)26-23(27)15-25-24(28)22-9-6-14-29-22/h4-5,7-8,10-13,17,22H,3,6,9,14-16H2,1-2H3,(H,25,28). The lowest BCUT2D eigenvalue weighted by Gasteiger charge is -2.14. The molecule has 0 aliphatic carbocycles. The third kappa shape index (κ3) is 4.35. The van der Waals surface area contributed by atoms with Gasteiger partial charge in [-0.2, -0.15) is 0 Å². The van der Waals surface area contributed by atoms with Gasteiger partial charge in [-0.05, 0) is 48.4 Å². The third-order valence-electron chi connectivity index (χ3n) is 5.88. The van der Waals surface area contributed by atoms with Gasteiger partial charge in [-0.15, -0.1) is 0 Å². The zero-order chi connectivity index (χ0) is 20.2. The van der Waals surface area contributed by atoms with Crippen LogP contribution in [0.25, 0.3) is 11.0 Å². The Labute approximate surface area is 172 Å². The van der Waals surface area contributed by atoms with Crippen LogP contribution in [0, 0.1) is 0 Å². The van der Waals surface area contributed by atoms with Crippen molar-refractivity contribution in [1.82, 2.24) is 14.9 Å². The highest BCUT2D eigenvalue weighted by Gasteiger charge is 2.23. The van der Waals surface area contributed by atoms with E-state index >= 15 is 0 Å². The minimum Gasteiger partial charge on any atom is -0.368 e. The van der Waals surface area contributed by atoms with Gasteiger partial charge in [0.1, 0.15) is 11.9 Å². The molecule has 152 valence electrons. The van der Waals surface area contributed by atoms with Crippen molar-refractivity contribution in [1.29, 1.82) is 0 Å². The number of benzene rings is 2. The van der Waals surface area contributed by atoms with Crippen molar-refractivity contribution < 1.29 is 9.53 Å². The third-order valence-corrected chi connectivity index (χ3v) is 5.88. The lowest BCUT2D eigenvalue weighted by atomic mass is 9.98. The number of aromatic nitrogens is 2. The second-order valence-corrected chi connectivity index (χ2v) is 7.87. The Morgan fingerprint density at radius 1 is 1.24 bits per heavy atom. The van der Waals surface area contributed by atoms with E-state index in [-0.39, 0.29) is 12.0 Å². The Balaban J connectivity index is 1.55. The summed E-state index contributed by atoms with van der Waals surface area (Å²) in [4.78, 5) is 17.1. The van der Waals surface area contributed by atoms with E-state index in [4.69, 9.17) is 9.72 Å². The van der Waals surface area contributed by atoms with Crippen LogP contribution in [-0.2, 0) is 22.6 Å². The predicted molar refractivity (Wildman–Crippen MR) is 115 cm³/mol. The number of carbonyl (C=O) groups is 1. The molecule has 2 heterocycles. The molecule has 0 radical (unpaired) electrons. The van der Waals surface area contributed by atoms with Crippen molar-refractivity contribution in [2.45, 2.75) is 58.2 Å². The molecule has 1 N–H and O–H groups in total. The minimum absolute atomic E-state index is 0.0426. The number of imidazole rings is 1. The molecule has 1 fully saturated rings. The Hall–Kier alpha value is -2.66. The number of fused-ring (bicyclic) bond motifs is 1. The van der Waals surface area contributed by atoms with Crippen molar-refractivity contribution in [2.24, 2.45) is 0 Å². The summed E-state index contributed by atoms with van der Waals surface area (Å²) in [6.45, 7) is 6.27. The van der Waals surface area contributed by atoms with E-state index in [0.29, 0.717) is 19.1 Å². The molecule has 2 aromatic carbocycles. The van der Waals surface area contributed by atoms with Crippen molar-refractivity contribution in [3.63, 3.8) is 0 Å². The van der Waals surface area contributed by atoms with Gasteiger partial charge in [-0.3, -0.25) is 4.79 Å². The molecule has 1 amide bonds. The highest BCUT2D eigenvalue weighted by Crippen LogP contribution is 2.22. The maximum absolute atomic E-state index is 12.4. The number of hydrogen-bond donors (Lipinski definition) is 1. The van der Waals surface area contributed by atoms with Crippen LogP contribution in [0.4, 0.5) is 0 Å².